The molecule has 0 radical (unpaired) electrons. The van der Waals surface area contributed by atoms with Crippen molar-refractivity contribution in [1.82, 2.24) is 20.5 Å². The second-order valence-corrected chi connectivity index (χ2v) is 7.14. The first kappa shape index (κ1) is 18.0. The number of ether oxygens (including phenoxy) is 1. The van der Waals surface area contributed by atoms with Gasteiger partial charge in [-0.3, -0.25) is 9.89 Å². The summed E-state index contributed by atoms with van der Waals surface area (Å²) in [6.07, 6.45) is 1.62. The fourth-order valence-electron chi connectivity index (χ4n) is 2.79. The molecule has 0 aliphatic rings. The number of hydrogen-bond acceptors (Lipinski definition) is 6. The van der Waals surface area contributed by atoms with Crippen molar-refractivity contribution in [1.29, 1.82) is 0 Å². The number of para-hydroxylation sites is 1. The van der Waals surface area contributed by atoms with Gasteiger partial charge < -0.3 is 14.5 Å². The first-order valence-electron chi connectivity index (χ1n) is 8.63. The number of aromatic amines is 1. The Bertz CT molecular complexity index is 1100. The standard InChI is InChI=1S/C20H18N4O3S/c1-12-18(28-20(22-12)17-8-5-9-27-17)11-21-19(25)15-10-14(23-24-15)13-6-3-4-7-16(13)26-2/h3-10H,11H2,1-2H3,(H,21,25)(H,23,24). The van der Waals surface area contributed by atoms with Gasteiger partial charge in [-0.15, -0.1) is 11.3 Å². The summed E-state index contributed by atoms with van der Waals surface area (Å²) in [6.45, 7) is 2.30. The zero-order valence-corrected chi connectivity index (χ0v) is 16.2. The first-order chi connectivity index (χ1) is 13.7. The Morgan fingerprint density at radius 1 is 1.29 bits per heavy atom. The van der Waals surface area contributed by atoms with Crippen molar-refractivity contribution >= 4 is 17.2 Å². The number of methoxy groups -OCH3 is 1. The second kappa shape index (κ2) is 7.69. The van der Waals surface area contributed by atoms with E-state index in [-0.39, 0.29) is 5.91 Å². The highest BCUT2D eigenvalue weighted by Crippen LogP contribution is 2.29. The Morgan fingerprint density at radius 3 is 2.93 bits per heavy atom. The molecule has 3 aromatic heterocycles. The van der Waals surface area contributed by atoms with Gasteiger partial charge in [0.15, 0.2) is 10.8 Å². The van der Waals surface area contributed by atoms with Crippen LogP contribution < -0.4 is 10.1 Å². The van der Waals surface area contributed by atoms with E-state index >= 15 is 0 Å². The van der Waals surface area contributed by atoms with Crippen LogP contribution in [0, 0.1) is 6.92 Å². The molecule has 142 valence electrons. The molecule has 0 atom stereocenters. The number of aromatic nitrogens is 3. The minimum Gasteiger partial charge on any atom is -0.496 e. The van der Waals surface area contributed by atoms with Crippen LogP contribution in [0.25, 0.3) is 22.0 Å². The van der Waals surface area contributed by atoms with Gasteiger partial charge in [0.2, 0.25) is 0 Å². The van der Waals surface area contributed by atoms with Crippen molar-refractivity contribution in [3.63, 3.8) is 0 Å². The zero-order valence-electron chi connectivity index (χ0n) is 15.4. The van der Waals surface area contributed by atoms with Gasteiger partial charge in [0.1, 0.15) is 11.4 Å². The van der Waals surface area contributed by atoms with E-state index in [1.807, 2.05) is 43.3 Å². The number of hydrogen-bond donors (Lipinski definition) is 2. The van der Waals surface area contributed by atoms with Crippen molar-refractivity contribution in [2.75, 3.05) is 7.11 Å². The summed E-state index contributed by atoms with van der Waals surface area (Å²) in [5.74, 6) is 1.19. The summed E-state index contributed by atoms with van der Waals surface area (Å²) in [5.41, 5.74) is 2.73. The van der Waals surface area contributed by atoms with E-state index in [0.29, 0.717) is 23.7 Å². The summed E-state index contributed by atoms with van der Waals surface area (Å²) in [4.78, 5) is 18.0. The lowest BCUT2D eigenvalue weighted by molar-refractivity contribution is 0.0946. The number of H-pyrrole nitrogens is 1. The molecule has 1 amide bonds. The average molecular weight is 394 g/mol. The van der Waals surface area contributed by atoms with Gasteiger partial charge >= 0.3 is 0 Å². The van der Waals surface area contributed by atoms with Gasteiger partial charge in [0, 0.05) is 10.4 Å². The van der Waals surface area contributed by atoms with Gasteiger partial charge in [-0.25, -0.2) is 4.98 Å². The summed E-state index contributed by atoms with van der Waals surface area (Å²) in [6, 6.07) is 12.9. The van der Waals surface area contributed by atoms with Crippen molar-refractivity contribution in [2.45, 2.75) is 13.5 Å². The molecule has 3 heterocycles. The van der Waals surface area contributed by atoms with Crippen molar-refractivity contribution < 1.29 is 13.9 Å². The predicted molar refractivity (Wildman–Crippen MR) is 106 cm³/mol. The Labute approximate surface area is 165 Å². The quantitative estimate of drug-likeness (QED) is 0.515. The van der Waals surface area contributed by atoms with Crippen LogP contribution in [0.3, 0.4) is 0 Å². The van der Waals surface area contributed by atoms with Gasteiger partial charge in [-0.1, -0.05) is 12.1 Å². The van der Waals surface area contributed by atoms with Gasteiger partial charge in [-0.05, 0) is 37.3 Å². The van der Waals surface area contributed by atoms with Crippen LogP contribution >= 0.6 is 11.3 Å². The number of aryl methyl sites for hydroxylation is 1. The molecule has 0 saturated heterocycles. The molecule has 8 heteroatoms. The number of nitrogens with zero attached hydrogens (tertiary/aromatic N) is 2. The maximum absolute atomic E-state index is 12.5. The Kier molecular flexibility index (Phi) is 4.94. The van der Waals surface area contributed by atoms with Crippen LogP contribution in [0.2, 0.25) is 0 Å². The third kappa shape index (κ3) is 3.54. The van der Waals surface area contributed by atoms with E-state index in [1.54, 1.807) is 19.4 Å². The molecule has 7 nitrogen and oxygen atoms in total. The summed E-state index contributed by atoms with van der Waals surface area (Å²) in [7, 11) is 1.60. The second-order valence-electron chi connectivity index (χ2n) is 6.05. The number of thiazole rings is 1. The van der Waals surface area contributed by atoms with E-state index < -0.39 is 0 Å². The lowest BCUT2D eigenvalue weighted by atomic mass is 10.1. The van der Waals surface area contributed by atoms with Crippen LogP contribution in [-0.4, -0.2) is 28.2 Å². The zero-order chi connectivity index (χ0) is 19.5. The van der Waals surface area contributed by atoms with Gasteiger partial charge in [-0.2, -0.15) is 5.10 Å². The molecule has 1 aromatic carbocycles. The number of carbonyl (C=O) groups excluding carboxylic acids is 1. The third-order valence-electron chi connectivity index (χ3n) is 4.24. The average Bonchev–Trinajstić information content (AvgIpc) is 3.46. The van der Waals surface area contributed by atoms with Crippen molar-refractivity contribution in [3.8, 4) is 27.8 Å². The monoisotopic (exact) mass is 394 g/mol. The predicted octanol–water partition coefficient (Wildman–Crippen LogP) is 4.04. The summed E-state index contributed by atoms with van der Waals surface area (Å²) in [5, 5.41) is 10.7. The molecule has 0 bridgehead atoms. The first-order valence-corrected chi connectivity index (χ1v) is 9.44. The fourth-order valence-corrected chi connectivity index (χ4v) is 3.76. The molecule has 4 aromatic rings. The number of nitrogens with one attached hydrogen (secondary N) is 2. The molecule has 28 heavy (non-hydrogen) atoms. The van der Waals surface area contributed by atoms with Crippen LogP contribution in [0.5, 0.6) is 5.75 Å². The Hall–Kier alpha value is -3.39. The third-order valence-corrected chi connectivity index (χ3v) is 5.41. The highest BCUT2D eigenvalue weighted by atomic mass is 32.1. The van der Waals surface area contributed by atoms with E-state index in [4.69, 9.17) is 9.15 Å². The molecule has 0 fully saturated rings. The Morgan fingerprint density at radius 2 is 2.14 bits per heavy atom. The largest absolute Gasteiger partial charge is 0.496 e. The normalized spacial score (nSPS) is 10.8. The number of rotatable bonds is 6. The molecule has 0 saturated carbocycles. The number of furan rings is 1. The van der Waals surface area contributed by atoms with Gasteiger partial charge in [0.25, 0.3) is 5.91 Å². The van der Waals surface area contributed by atoms with E-state index in [1.165, 1.54) is 11.3 Å². The smallest absolute Gasteiger partial charge is 0.269 e. The van der Waals surface area contributed by atoms with Crippen LogP contribution in [0.4, 0.5) is 0 Å². The number of carbonyl (C=O) groups is 1. The molecular formula is C20H18N4O3S. The molecule has 0 aliphatic carbocycles. The lowest BCUT2D eigenvalue weighted by Gasteiger charge is -2.04. The Balaban J connectivity index is 1.46. The number of amides is 1. The van der Waals surface area contributed by atoms with Crippen LogP contribution in [0.15, 0.2) is 53.1 Å². The maximum Gasteiger partial charge on any atom is 0.269 e. The minimum atomic E-state index is -0.235. The minimum absolute atomic E-state index is 0.235. The van der Waals surface area contributed by atoms with Crippen LogP contribution in [-0.2, 0) is 6.54 Å². The molecule has 2 N–H and O–H groups in total. The maximum atomic E-state index is 12.5. The van der Waals surface area contributed by atoms with Crippen molar-refractivity contribution in [2.24, 2.45) is 0 Å². The topological polar surface area (TPSA) is 93.0 Å². The van der Waals surface area contributed by atoms with Crippen molar-refractivity contribution in [3.05, 3.63) is 65.0 Å². The SMILES string of the molecule is COc1ccccc1-c1cc(C(=O)NCc2sc(-c3ccco3)nc2C)[nH]n1. The van der Waals surface area contributed by atoms with E-state index in [2.05, 4.69) is 20.5 Å². The fraction of sp³-hybridized carbons (Fsp3) is 0.150. The summed E-state index contributed by atoms with van der Waals surface area (Å²) < 4.78 is 10.7. The molecule has 0 aliphatic heterocycles. The molecule has 0 spiro atoms. The molecule has 0 unspecified atom stereocenters. The van der Waals surface area contributed by atoms with E-state index in [9.17, 15) is 4.79 Å². The van der Waals surface area contributed by atoms with E-state index in [0.717, 1.165) is 26.9 Å². The lowest BCUT2D eigenvalue weighted by Crippen LogP contribution is -2.23. The molecular weight excluding hydrogens is 376 g/mol. The summed E-state index contributed by atoms with van der Waals surface area (Å²) >= 11 is 1.50. The van der Waals surface area contributed by atoms with Crippen LogP contribution in [0.1, 0.15) is 21.1 Å². The highest BCUT2D eigenvalue weighted by molar-refractivity contribution is 7.15. The number of benzene rings is 1. The van der Waals surface area contributed by atoms with Gasteiger partial charge in [0.05, 0.1) is 31.3 Å². The highest BCUT2D eigenvalue weighted by Gasteiger charge is 2.16. The molecule has 4 rings (SSSR count).